The van der Waals surface area contributed by atoms with Gasteiger partial charge in [0, 0.05) is 11.8 Å². The smallest absolute Gasteiger partial charge is 0.311 e. The molecule has 0 fully saturated rings. The average molecular weight is 296 g/mol. The van der Waals surface area contributed by atoms with Crippen LogP contribution in [-0.4, -0.2) is 22.2 Å². The van der Waals surface area contributed by atoms with Gasteiger partial charge >= 0.3 is 5.69 Å². The van der Waals surface area contributed by atoms with E-state index in [2.05, 4.69) is 10.2 Å². The second kappa shape index (κ2) is 6.35. The second-order valence-electron chi connectivity index (χ2n) is 3.72. The number of nitro benzene ring substituents is 1. The number of methoxy groups -OCH3 is 1. The summed E-state index contributed by atoms with van der Waals surface area (Å²) in [5, 5.41) is 18.8. The van der Waals surface area contributed by atoms with Crippen molar-refractivity contribution in [1.82, 2.24) is 10.2 Å². The Morgan fingerprint density at radius 3 is 2.90 bits per heavy atom. The first-order chi connectivity index (χ1) is 9.63. The van der Waals surface area contributed by atoms with E-state index in [4.69, 9.17) is 14.9 Å². The van der Waals surface area contributed by atoms with Crippen LogP contribution in [0.25, 0.3) is 0 Å². The normalized spacial score (nSPS) is 10.5. The monoisotopic (exact) mass is 296 g/mol. The van der Waals surface area contributed by atoms with Crippen molar-refractivity contribution in [1.29, 1.82) is 0 Å². The van der Waals surface area contributed by atoms with Crippen molar-refractivity contribution in [2.75, 3.05) is 7.11 Å². The van der Waals surface area contributed by atoms with Crippen LogP contribution in [0.3, 0.4) is 0 Å². The minimum atomic E-state index is -0.480. The van der Waals surface area contributed by atoms with Crippen molar-refractivity contribution >= 4 is 17.4 Å². The number of nitrogens with two attached hydrogens (primary N) is 1. The van der Waals surface area contributed by atoms with Crippen LogP contribution >= 0.6 is 11.8 Å². The molecular weight excluding hydrogens is 284 g/mol. The van der Waals surface area contributed by atoms with Gasteiger partial charge in [-0.25, -0.2) is 0 Å². The summed E-state index contributed by atoms with van der Waals surface area (Å²) >= 11 is 1.28. The number of rotatable bonds is 6. The number of benzene rings is 1. The van der Waals surface area contributed by atoms with Crippen molar-refractivity contribution in [3.8, 4) is 5.75 Å². The predicted molar refractivity (Wildman–Crippen MR) is 71.4 cm³/mol. The summed E-state index contributed by atoms with van der Waals surface area (Å²) in [4.78, 5) is 10.4. The molecule has 0 saturated carbocycles. The zero-order chi connectivity index (χ0) is 14.5. The molecule has 0 aliphatic carbocycles. The van der Waals surface area contributed by atoms with E-state index in [0.717, 1.165) is 5.56 Å². The van der Waals surface area contributed by atoms with E-state index in [9.17, 15) is 10.1 Å². The molecule has 0 radical (unpaired) electrons. The van der Waals surface area contributed by atoms with Crippen molar-refractivity contribution in [3.63, 3.8) is 0 Å². The van der Waals surface area contributed by atoms with Gasteiger partial charge in [0.2, 0.25) is 5.89 Å². The van der Waals surface area contributed by atoms with Gasteiger partial charge in [-0.15, -0.1) is 10.2 Å². The van der Waals surface area contributed by atoms with Crippen LogP contribution in [-0.2, 0) is 12.3 Å². The third-order valence-electron chi connectivity index (χ3n) is 2.43. The Hall–Kier alpha value is -2.13. The second-order valence-corrected chi connectivity index (χ2v) is 4.64. The first-order valence-corrected chi connectivity index (χ1v) is 6.59. The quantitative estimate of drug-likeness (QED) is 0.486. The highest BCUT2D eigenvalue weighted by atomic mass is 32.2. The highest BCUT2D eigenvalue weighted by Crippen LogP contribution is 2.30. The molecule has 0 amide bonds. The third kappa shape index (κ3) is 3.25. The van der Waals surface area contributed by atoms with E-state index < -0.39 is 4.92 Å². The topological polar surface area (TPSA) is 117 Å². The van der Waals surface area contributed by atoms with Crippen LogP contribution in [0.2, 0.25) is 0 Å². The van der Waals surface area contributed by atoms with Gasteiger partial charge in [0.15, 0.2) is 5.75 Å². The van der Waals surface area contributed by atoms with Gasteiger partial charge in [-0.3, -0.25) is 10.1 Å². The molecule has 0 aliphatic heterocycles. The molecular formula is C11H12N4O4S. The molecule has 1 aromatic carbocycles. The summed E-state index contributed by atoms with van der Waals surface area (Å²) in [6.45, 7) is 0.182. The maximum absolute atomic E-state index is 10.9. The van der Waals surface area contributed by atoms with Crippen molar-refractivity contribution in [3.05, 3.63) is 39.8 Å². The van der Waals surface area contributed by atoms with Crippen LogP contribution in [0.5, 0.6) is 5.75 Å². The maximum atomic E-state index is 10.9. The van der Waals surface area contributed by atoms with Crippen LogP contribution in [0.4, 0.5) is 5.69 Å². The highest BCUT2D eigenvalue weighted by Gasteiger charge is 2.15. The number of aromatic nitrogens is 2. The lowest BCUT2D eigenvalue weighted by Crippen LogP contribution is -1.95. The Kier molecular flexibility index (Phi) is 4.53. The zero-order valence-electron chi connectivity index (χ0n) is 10.6. The summed E-state index contributed by atoms with van der Waals surface area (Å²) < 4.78 is 10.2. The fourth-order valence-corrected chi connectivity index (χ4v) is 2.22. The van der Waals surface area contributed by atoms with Gasteiger partial charge in [0.05, 0.1) is 18.6 Å². The van der Waals surface area contributed by atoms with Gasteiger partial charge in [-0.05, 0) is 11.6 Å². The molecule has 0 atom stereocenters. The molecule has 20 heavy (non-hydrogen) atoms. The van der Waals surface area contributed by atoms with E-state index in [1.807, 2.05) is 0 Å². The maximum Gasteiger partial charge on any atom is 0.311 e. The molecule has 8 nitrogen and oxygen atoms in total. The largest absolute Gasteiger partial charge is 0.490 e. The molecule has 0 spiro atoms. The first kappa shape index (κ1) is 14.3. The molecule has 0 bridgehead atoms. The summed E-state index contributed by atoms with van der Waals surface area (Å²) in [6.07, 6.45) is 0. The Morgan fingerprint density at radius 2 is 2.30 bits per heavy atom. The van der Waals surface area contributed by atoms with Crippen molar-refractivity contribution in [2.45, 2.75) is 17.5 Å². The molecule has 2 rings (SSSR count). The van der Waals surface area contributed by atoms with E-state index in [1.165, 1.54) is 24.9 Å². The van der Waals surface area contributed by atoms with Crippen LogP contribution in [0, 0.1) is 10.1 Å². The summed E-state index contributed by atoms with van der Waals surface area (Å²) in [7, 11) is 1.39. The van der Waals surface area contributed by atoms with E-state index in [0.29, 0.717) is 16.9 Å². The molecule has 1 aromatic heterocycles. The fraction of sp³-hybridized carbons (Fsp3) is 0.273. The standard InChI is InChI=1S/C11H12N4O4S/c1-18-9-3-2-7(4-8(9)15(16)17)6-20-11-14-13-10(5-12)19-11/h2-4H,5-6,12H2,1H3. The molecule has 0 unspecified atom stereocenters. The minimum absolute atomic E-state index is 0.0706. The lowest BCUT2D eigenvalue weighted by atomic mass is 10.2. The summed E-state index contributed by atoms with van der Waals surface area (Å²) in [6, 6.07) is 4.78. The zero-order valence-corrected chi connectivity index (χ0v) is 11.4. The molecule has 0 saturated heterocycles. The Bertz CT molecular complexity index is 616. The lowest BCUT2D eigenvalue weighted by molar-refractivity contribution is -0.385. The number of nitro groups is 1. The molecule has 2 aromatic rings. The summed E-state index contributed by atoms with van der Waals surface area (Å²) in [5.41, 5.74) is 6.05. The van der Waals surface area contributed by atoms with E-state index in [-0.39, 0.29) is 18.0 Å². The molecule has 9 heteroatoms. The van der Waals surface area contributed by atoms with Gasteiger partial charge in [-0.2, -0.15) is 0 Å². The average Bonchev–Trinajstić information content (AvgIpc) is 2.92. The third-order valence-corrected chi connectivity index (χ3v) is 3.31. The van der Waals surface area contributed by atoms with Gasteiger partial charge in [-0.1, -0.05) is 17.8 Å². The van der Waals surface area contributed by atoms with E-state index >= 15 is 0 Å². The first-order valence-electron chi connectivity index (χ1n) is 5.60. The van der Waals surface area contributed by atoms with Crippen molar-refractivity contribution < 1.29 is 14.1 Å². The Balaban J connectivity index is 2.09. The Morgan fingerprint density at radius 1 is 1.50 bits per heavy atom. The number of hydrogen-bond acceptors (Lipinski definition) is 8. The van der Waals surface area contributed by atoms with Crippen LogP contribution in [0.1, 0.15) is 11.5 Å². The SMILES string of the molecule is COc1ccc(CSc2nnc(CN)o2)cc1[N+](=O)[O-]. The molecule has 2 N–H and O–H groups in total. The van der Waals surface area contributed by atoms with Crippen LogP contribution < -0.4 is 10.5 Å². The predicted octanol–water partition coefficient (Wildman–Crippen LogP) is 1.74. The number of nitrogens with zero attached hydrogens (tertiary/aromatic N) is 3. The number of ether oxygens (including phenoxy) is 1. The highest BCUT2D eigenvalue weighted by molar-refractivity contribution is 7.98. The lowest BCUT2D eigenvalue weighted by Gasteiger charge is -2.03. The van der Waals surface area contributed by atoms with E-state index in [1.54, 1.807) is 12.1 Å². The van der Waals surface area contributed by atoms with Crippen molar-refractivity contribution in [2.24, 2.45) is 5.73 Å². The molecule has 1 heterocycles. The minimum Gasteiger partial charge on any atom is -0.490 e. The van der Waals surface area contributed by atoms with Gasteiger partial charge < -0.3 is 14.9 Å². The molecule has 0 aliphatic rings. The van der Waals surface area contributed by atoms with Gasteiger partial charge in [0.25, 0.3) is 5.22 Å². The fourth-order valence-electron chi connectivity index (χ4n) is 1.49. The molecule has 106 valence electrons. The number of thioether (sulfide) groups is 1. The Labute approximate surface area is 118 Å². The van der Waals surface area contributed by atoms with Gasteiger partial charge in [0.1, 0.15) is 0 Å². The van der Waals surface area contributed by atoms with Crippen LogP contribution in [0.15, 0.2) is 27.8 Å². The number of hydrogen-bond donors (Lipinski definition) is 1. The summed E-state index contributed by atoms with van der Waals surface area (Å²) in [5.74, 6) is 1.05.